The minimum absolute atomic E-state index is 0.385. The van der Waals surface area contributed by atoms with Gasteiger partial charge in [-0.1, -0.05) is 23.7 Å². The summed E-state index contributed by atoms with van der Waals surface area (Å²) >= 11 is 6.04. The Balaban J connectivity index is 1.38. The quantitative estimate of drug-likeness (QED) is 0.234. The van der Waals surface area contributed by atoms with Crippen LogP contribution in [-0.4, -0.2) is 68.4 Å². The molecule has 5 N–H and O–H groups in total. The van der Waals surface area contributed by atoms with E-state index in [1.165, 1.54) is 6.92 Å². The van der Waals surface area contributed by atoms with E-state index in [1.54, 1.807) is 36.4 Å². The first-order valence-electron chi connectivity index (χ1n) is 12.3. The number of fused-ring (bicyclic) bond motifs is 1. The predicted molar refractivity (Wildman–Crippen MR) is 146 cm³/mol. The summed E-state index contributed by atoms with van der Waals surface area (Å²) in [6.45, 7) is 0.753. The fourth-order valence-electron chi connectivity index (χ4n) is 4.36. The van der Waals surface area contributed by atoms with Crippen molar-refractivity contribution in [1.29, 1.82) is 0 Å². The highest BCUT2D eigenvalue weighted by molar-refractivity contribution is 6.30. The number of benzene rings is 3. The minimum atomic E-state index is -1.40. The van der Waals surface area contributed by atoms with Crippen LogP contribution in [0.3, 0.4) is 0 Å². The monoisotopic (exact) mass is 550 g/mol. The number of aromatic nitrogens is 2. The van der Waals surface area contributed by atoms with Gasteiger partial charge in [0, 0.05) is 28.6 Å². The molecule has 1 saturated heterocycles. The molecule has 4 aromatic rings. The summed E-state index contributed by atoms with van der Waals surface area (Å²) in [5, 5.41) is 37.5. The number of aliphatic hydroxyl groups excluding tert-OH is 3. The first-order valence-corrected chi connectivity index (χ1v) is 12.7. The number of nitrogens with zero attached hydrogens (tertiary/aromatic N) is 2. The first kappa shape index (κ1) is 26.8. The number of nitrogens with one attached hydrogen (secondary N) is 2. The van der Waals surface area contributed by atoms with E-state index in [-0.39, 0.29) is 0 Å². The molecule has 1 aliphatic rings. The number of carbonyl (C=O) groups excluding carboxylic acids is 1. The third kappa shape index (κ3) is 5.95. The summed E-state index contributed by atoms with van der Waals surface area (Å²) in [5.74, 6) is 1.12. The van der Waals surface area contributed by atoms with E-state index in [0.717, 1.165) is 22.2 Å². The molecule has 11 heteroatoms. The molecule has 1 amide bonds. The molecule has 0 aliphatic carbocycles. The van der Waals surface area contributed by atoms with Gasteiger partial charge in [0.25, 0.3) is 0 Å². The molecule has 39 heavy (non-hydrogen) atoms. The normalized spacial score (nSPS) is 22.8. The maximum absolute atomic E-state index is 11.7. The van der Waals surface area contributed by atoms with Crippen molar-refractivity contribution >= 4 is 39.9 Å². The number of hydrogen-bond acceptors (Lipinski definition) is 9. The Morgan fingerprint density at radius 3 is 2.41 bits per heavy atom. The van der Waals surface area contributed by atoms with Gasteiger partial charge in [0.2, 0.25) is 12.2 Å². The van der Waals surface area contributed by atoms with Gasteiger partial charge in [0.15, 0.2) is 5.82 Å². The molecular formula is C28H27ClN4O6. The lowest BCUT2D eigenvalue weighted by atomic mass is 9.97. The Kier molecular flexibility index (Phi) is 7.92. The zero-order valence-corrected chi connectivity index (χ0v) is 21.6. The van der Waals surface area contributed by atoms with Crippen LogP contribution < -0.4 is 15.4 Å². The lowest BCUT2D eigenvalue weighted by Crippen LogP contribution is -2.65. The highest BCUT2D eigenvalue weighted by Crippen LogP contribution is 2.30. The van der Waals surface area contributed by atoms with Crippen LogP contribution in [0.5, 0.6) is 5.75 Å². The van der Waals surface area contributed by atoms with Crippen molar-refractivity contribution in [3.05, 3.63) is 77.8 Å². The van der Waals surface area contributed by atoms with Gasteiger partial charge in [-0.2, -0.15) is 0 Å². The Morgan fingerprint density at radius 2 is 1.72 bits per heavy atom. The lowest BCUT2D eigenvalue weighted by molar-refractivity contribution is -0.244. The molecule has 0 spiro atoms. The molecule has 2 heterocycles. The van der Waals surface area contributed by atoms with Crippen molar-refractivity contribution in [3.8, 4) is 17.1 Å². The molecule has 1 aromatic heterocycles. The Labute approximate surface area is 229 Å². The SMILES string of the molecule is CC(=O)N[C@@H]1[C@H](Oc2ccc(Nc3nc(-c4ccc(Cl)cc4)nc4ccccc34)cc2)O[C@H](CO)[C@@H](O)[C@H]1O. The van der Waals surface area contributed by atoms with Gasteiger partial charge < -0.3 is 35.4 Å². The molecule has 0 unspecified atom stereocenters. The third-order valence-corrected chi connectivity index (χ3v) is 6.58. The van der Waals surface area contributed by atoms with Crippen LogP contribution in [0.4, 0.5) is 11.5 Å². The van der Waals surface area contributed by atoms with E-state index in [4.69, 9.17) is 31.0 Å². The number of rotatable bonds is 7. The number of carbonyl (C=O) groups is 1. The van der Waals surface area contributed by atoms with Crippen LogP contribution in [0.2, 0.25) is 5.02 Å². The second-order valence-electron chi connectivity index (χ2n) is 9.12. The molecule has 5 atom stereocenters. The topological polar surface area (TPSA) is 146 Å². The number of ether oxygens (including phenoxy) is 2. The molecule has 0 radical (unpaired) electrons. The Morgan fingerprint density at radius 1 is 1.00 bits per heavy atom. The minimum Gasteiger partial charge on any atom is -0.463 e. The zero-order chi connectivity index (χ0) is 27.5. The molecule has 3 aromatic carbocycles. The standard InChI is InChI=1S/C28H27ClN4O6/c1-15(35)30-23-25(37)24(36)22(14-34)39-28(23)38-19-12-10-18(11-13-19)31-27-20-4-2-3-5-21(20)32-26(33-27)16-6-8-17(29)9-7-16/h2-13,22-25,28,34,36-37H,14H2,1H3,(H,30,35)(H,31,32,33)/t22-,23+,24-,25+,28-/m1/s1. The summed E-state index contributed by atoms with van der Waals surface area (Å²) < 4.78 is 11.5. The zero-order valence-electron chi connectivity index (χ0n) is 20.9. The van der Waals surface area contributed by atoms with Gasteiger partial charge in [-0.15, -0.1) is 0 Å². The highest BCUT2D eigenvalue weighted by Gasteiger charge is 2.46. The van der Waals surface area contributed by atoms with E-state index >= 15 is 0 Å². The van der Waals surface area contributed by atoms with Gasteiger partial charge in [0.05, 0.1) is 12.1 Å². The Bertz CT molecular complexity index is 1450. The number of para-hydroxylation sites is 1. The van der Waals surface area contributed by atoms with Crippen LogP contribution in [0.15, 0.2) is 72.8 Å². The number of aliphatic hydroxyl groups is 3. The van der Waals surface area contributed by atoms with Gasteiger partial charge >= 0.3 is 0 Å². The van der Waals surface area contributed by atoms with E-state index in [0.29, 0.717) is 22.4 Å². The Hall–Kier alpha value is -3.80. The summed E-state index contributed by atoms with van der Waals surface area (Å²) in [7, 11) is 0. The summed E-state index contributed by atoms with van der Waals surface area (Å²) in [6.07, 6.45) is -5.00. The largest absolute Gasteiger partial charge is 0.463 e. The number of hydrogen-bond donors (Lipinski definition) is 5. The maximum atomic E-state index is 11.7. The summed E-state index contributed by atoms with van der Waals surface area (Å²) in [5.41, 5.74) is 2.32. The van der Waals surface area contributed by atoms with Crippen LogP contribution in [0.1, 0.15) is 6.92 Å². The highest BCUT2D eigenvalue weighted by atomic mass is 35.5. The third-order valence-electron chi connectivity index (χ3n) is 6.33. The van der Waals surface area contributed by atoms with Crippen molar-refractivity contribution in [1.82, 2.24) is 15.3 Å². The molecule has 0 bridgehead atoms. The van der Waals surface area contributed by atoms with E-state index < -0.39 is 43.2 Å². The summed E-state index contributed by atoms with van der Waals surface area (Å²) in [6, 6.07) is 20.9. The van der Waals surface area contributed by atoms with Crippen molar-refractivity contribution in [3.63, 3.8) is 0 Å². The molecule has 5 rings (SSSR count). The van der Waals surface area contributed by atoms with Crippen molar-refractivity contribution in [2.75, 3.05) is 11.9 Å². The average molecular weight is 551 g/mol. The smallest absolute Gasteiger partial charge is 0.223 e. The molecule has 1 aliphatic heterocycles. The average Bonchev–Trinajstić information content (AvgIpc) is 2.94. The lowest BCUT2D eigenvalue weighted by Gasteiger charge is -2.42. The second-order valence-corrected chi connectivity index (χ2v) is 9.56. The molecule has 10 nitrogen and oxygen atoms in total. The second kappa shape index (κ2) is 11.5. The van der Waals surface area contributed by atoms with Crippen LogP contribution in [-0.2, 0) is 9.53 Å². The first-order chi connectivity index (χ1) is 18.8. The number of halogens is 1. The predicted octanol–water partition coefficient (Wildman–Crippen LogP) is 3.02. The van der Waals surface area contributed by atoms with Gasteiger partial charge in [-0.3, -0.25) is 4.79 Å². The van der Waals surface area contributed by atoms with Crippen LogP contribution in [0, 0.1) is 0 Å². The molecule has 0 saturated carbocycles. The van der Waals surface area contributed by atoms with Gasteiger partial charge in [0.1, 0.15) is 35.9 Å². The van der Waals surface area contributed by atoms with Crippen LogP contribution >= 0.6 is 11.6 Å². The molecule has 1 fully saturated rings. The number of anilines is 2. The molecular weight excluding hydrogens is 524 g/mol. The van der Waals surface area contributed by atoms with E-state index in [2.05, 4.69) is 10.6 Å². The number of amides is 1. The maximum Gasteiger partial charge on any atom is 0.223 e. The van der Waals surface area contributed by atoms with Crippen molar-refractivity contribution in [2.45, 2.75) is 37.6 Å². The van der Waals surface area contributed by atoms with Crippen molar-refractivity contribution < 1.29 is 29.6 Å². The van der Waals surface area contributed by atoms with E-state index in [1.807, 2.05) is 36.4 Å². The fourth-order valence-corrected chi connectivity index (χ4v) is 4.48. The summed E-state index contributed by atoms with van der Waals surface area (Å²) in [4.78, 5) is 21.1. The van der Waals surface area contributed by atoms with E-state index in [9.17, 15) is 20.1 Å². The van der Waals surface area contributed by atoms with Gasteiger partial charge in [-0.05, 0) is 60.7 Å². The van der Waals surface area contributed by atoms with Crippen LogP contribution in [0.25, 0.3) is 22.3 Å². The fraction of sp³-hybridized carbons (Fsp3) is 0.250. The van der Waals surface area contributed by atoms with Gasteiger partial charge in [-0.25, -0.2) is 9.97 Å². The van der Waals surface area contributed by atoms with Crippen molar-refractivity contribution in [2.24, 2.45) is 0 Å². The molecule has 202 valence electrons.